The van der Waals surface area contributed by atoms with Gasteiger partial charge in [-0.25, -0.2) is 0 Å². The van der Waals surface area contributed by atoms with E-state index in [0.717, 1.165) is 39.1 Å². The van der Waals surface area contributed by atoms with Crippen molar-refractivity contribution in [2.75, 3.05) is 26.3 Å². The molecule has 0 amide bonds. The van der Waals surface area contributed by atoms with E-state index in [1.165, 1.54) is 0 Å². The summed E-state index contributed by atoms with van der Waals surface area (Å²) >= 11 is 0. The molecule has 0 atom stereocenters. The summed E-state index contributed by atoms with van der Waals surface area (Å²) in [6, 6.07) is 0. The molecule has 3 nitrogen and oxygen atoms in total. The second kappa shape index (κ2) is 2.82. The van der Waals surface area contributed by atoms with Gasteiger partial charge < -0.3 is 4.74 Å². The Hall–Kier alpha value is -0.410. The van der Waals surface area contributed by atoms with Gasteiger partial charge in [0.1, 0.15) is 5.78 Å². The second-order valence-electron chi connectivity index (χ2n) is 4.02. The van der Waals surface area contributed by atoms with Crippen LogP contribution < -0.4 is 0 Å². The lowest BCUT2D eigenvalue weighted by Gasteiger charge is -2.48. The Bertz CT molecular complexity index is 189. The molecule has 12 heavy (non-hydrogen) atoms. The molecule has 0 unspecified atom stereocenters. The quantitative estimate of drug-likeness (QED) is 0.570. The second-order valence-corrected chi connectivity index (χ2v) is 4.02. The van der Waals surface area contributed by atoms with Crippen molar-refractivity contribution < 1.29 is 9.53 Å². The van der Waals surface area contributed by atoms with Crippen LogP contribution in [0.15, 0.2) is 0 Å². The van der Waals surface area contributed by atoms with Crippen LogP contribution in [0.2, 0.25) is 0 Å². The Balaban J connectivity index is 1.92. The molecule has 0 radical (unpaired) electrons. The number of hydrogen-bond donors (Lipinski definition) is 0. The zero-order valence-corrected chi connectivity index (χ0v) is 7.51. The zero-order valence-electron chi connectivity index (χ0n) is 7.51. The predicted octanol–water partition coefficient (Wildman–Crippen LogP) is 0.440. The van der Waals surface area contributed by atoms with Gasteiger partial charge in [-0.15, -0.1) is 0 Å². The Morgan fingerprint density at radius 3 is 2.33 bits per heavy atom. The molecule has 0 aromatic carbocycles. The number of carbonyl (C=O) groups excluding carboxylic acids is 1. The van der Waals surface area contributed by atoms with Crippen LogP contribution in [0.3, 0.4) is 0 Å². The molecule has 68 valence electrons. The molecule has 0 N–H and O–H groups in total. The highest BCUT2D eigenvalue weighted by atomic mass is 16.5. The molecular weight excluding hydrogens is 154 g/mol. The van der Waals surface area contributed by atoms with Crippen LogP contribution in [0.5, 0.6) is 0 Å². The molecule has 2 rings (SSSR count). The summed E-state index contributed by atoms with van der Waals surface area (Å²) in [4.78, 5) is 13.4. The van der Waals surface area contributed by atoms with Crippen molar-refractivity contribution in [3.8, 4) is 0 Å². The number of piperidine rings is 1. The van der Waals surface area contributed by atoms with Crippen LogP contribution in [0.4, 0.5) is 0 Å². The van der Waals surface area contributed by atoms with Crippen molar-refractivity contribution in [2.45, 2.75) is 25.3 Å². The average molecular weight is 169 g/mol. The Labute approximate surface area is 72.7 Å². The van der Waals surface area contributed by atoms with Gasteiger partial charge in [-0.2, -0.15) is 0 Å². The van der Waals surface area contributed by atoms with E-state index >= 15 is 0 Å². The van der Waals surface area contributed by atoms with E-state index in [9.17, 15) is 4.79 Å². The first-order valence-corrected chi connectivity index (χ1v) is 4.55. The van der Waals surface area contributed by atoms with E-state index in [4.69, 9.17) is 4.74 Å². The smallest absolute Gasteiger partial charge is 0.135 e. The summed E-state index contributed by atoms with van der Waals surface area (Å²) < 4.78 is 5.19. The third-order valence-corrected chi connectivity index (χ3v) is 2.91. The molecule has 2 fully saturated rings. The Kier molecular flexibility index (Phi) is 1.93. The highest BCUT2D eigenvalue weighted by Crippen LogP contribution is 2.26. The number of Topliss-reactive ketones (excluding diaryl/α,β-unsaturated/α-hetero) is 1. The first-order valence-electron chi connectivity index (χ1n) is 4.55. The van der Waals surface area contributed by atoms with Crippen molar-refractivity contribution >= 4 is 5.78 Å². The van der Waals surface area contributed by atoms with Crippen molar-refractivity contribution in [3.05, 3.63) is 0 Å². The van der Waals surface area contributed by atoms with Crippen molar-refractivity contribution in [1.82, 2.24) is 4.90 Å². The van der Waals surface area contributed by atoms with E-state index in [0.29, 0.717) is 5.78 Å². The van der Waals surface area contributed by atoms with E-state index in [1.807, 2.05) is 0 Å². The molecule has 2 aliphatic heterocycles. The molecule has 0 aliphatic carbocycles. The Morgan fingerprint density at radius 2 is 1.92 bits per heavy atom. The van der Waals surface area contributed by atoms with Crippen LogP contribution in [-0.2, 0) is 9.53 Å². The molecule has 2 heterocycles. The summed E-state index contributed by atoms with van der Waals surface area (Å²) in [6.45, 7) is 5.74. The van der Waals surface area contributed by atoms with Gasteiger partial charge >= 0.3 is 0 Å². The highest BCUT2D eigenvalue weighted by Gasteiger charge is 2.40. The maximum atomic E-state index is 11.0. The van der Waals surface area contributed by atoms with Gasteiger partial charge in [0.2, 0.25) is 0 Å². The summed E-state index contributed by atoms with van der Waals surface area (Å²) in [5.74, 6) is 0.412. The largest absolute Gasteiger partial charge is 0.377 e. The topological polar surface area (TPSA) is 29.5 Å². The van der Waals surface area contributed by atoms with E-state index in [2.05, 4.69) is 11.8 Å². The molecule has 0 bridgehead atoms. The van der Waals surface area contributed by atoms with E-state index in [1.54, 1.807) is 0 Å². The van der Waals surface area contributed by atoms with Gasteiger partial charge in [-0.3, -0.25) is 9.69 Å². The number of carbonyl (C=O) groups is 1. The number of hydrogen-bond acceptors (Lipinski definition) is 3. The molecule has 3 heteroatoms. The van der Waals surface area contributed by atoms with Gasteiger partial charge in [0.25, 0.3) is 0 Å². The van der Waals surface area contributed by atoms with E-state index < -0.39 is 0 Å². The predicted molar refractivity (Wildman–Crippen MR) is 45.0 cm³/mol. The van der Waals surface area contributed by atoms with Crippen molar-refractivity contribution in [2.24, 2.45) is 0 Å². The fraction of sp³-hybridized carbons (Fsp3) is 0.889. The first kappa shape index (κ1) is 8.20. The standard InChI is InChI=1S/C9H15NO2/c1-9(6-12-7-9)10-4-2-8(11)3-5-10/h2-7H2,1H3. The molecule has 0 aromatic rings. The van der Waals surface area contributed by atoms with Gasteiger partial charge in [0.05, 0.1) is 18.8 Å². The summed E-state index contributed by atoms with van der Waals surface area (Å²) in [7, 11) is 0. The monoisotopic (exact) mass is 169 g/mol. The Morgan fingerprint density at radius 1 is 1.33 bits per heavy atom. The highest BCUT2D eigenvalue weighted by molar-refractivity contribution is 5.79. The molecule has 2 saturated heterocycles. The number of nitrogens with zero attached hydrogens (tertiary/aromatic N) is 1. The van der Waals surface area contributed by atoms with Crippen molar-refractivity contribution in [1.29, 1.82) is 0 Å². The summed E-state index contributed by atoms with van der Waals surface area (Å²) in [5, 5.41) is 0. The summed E-state index contributed by atoms with van der Waals surface area (Å²) in [6.07, 6.45) is 1.46. The van der Waals surface area contributed by atoms with Gasteiger partial charge in [0, 0.05) is 25.9 Å². The lowest BCUT2D eigenvalue weighted by atomic mass is 9.94. The normalized spacial score (nSPS) is 29.9. The minimum atomic E-state index is 0.237. The molecule has 0 saturated carbocycles. The number of likely N-dealkylation sites (tertiary alicyclic amines) is 1. The molecular formula is C9H15NO2. The fourth-order valence-electron chi connectivity index (χ4n) is 1.88. The fourth-order valence-corrected chi connectivity index (χ4v) is 1.88. The number of ether oxygens (including phenoxy) is 1. The molecule has 2 aliphatic rings. The van der Waals surface area contributed by atoms with Gasteiger partial charge in [-0.05, 0) is 6.92 Å². The third-order valence-electron chi connectivity index (χ3n) is 2.91. The van der Waals surface area contributed by atoms with Crippen LogP contribution >= 0.6 is 0 Å². The molecule has 0 aromatic heterocycles. The lowest BCUT2D eigenvalue weighted by Crippen LogP contribution is -2.61. The van der Waals surface area contributed by atoms with E-state index in [-0.39, 0.29) is 5.54 Å². The number of rotatable bonds is 1. The van der Waals surface area contributed by atoms with Gasteiger partial charge in [0.15, 0.2) is 0 Å². The minimum Gasteiger partial charge on any atom is -0.377 e. The maximum Gasteiger partial charge on any atom is 0.135 e. The van der Waals surface area contributed by atoms with Crippen molar-refractivity contribution in [3.63, 3.8) is 0 Å². The zero-order chi connectivity index (χ0) is 8.60. The third kappa shape index (κ3) is 1.27. The SMILES string of the molecule is CC1(N2CCC(=O)CC2)COC1. The average Bonchev–Trinajstić information content (AvgIpc) is 2.02. The van der Waals surface area contributed by atoms with Crippen LogP contribution in [0.1, 0.15) is 19.8 Å². The lowest BCUT2D eigenvalue weighted by molar-refractivity contribution is -0.144. The summed E-state index contributed by atoms with van der Waals surface area (Å²) in [5.41, 5.74) is 0.237. The van der Waals surface area contributed by atoms with Crippen LogP contribution in [-0.4, -0.2) is 42.5 Å². The maximum absolute atomic E-state index is 11.0. The number of ketones is 1. The molecule has 0 spiro atoms. The van der Waals surface area contributed by atoms with Crippen LogP contribution in [0, 0.1) is 0 Å². The minimum absolute atomic E-state index is 0.237. The first-order chi connectivity index (χ1) is 5.71. The van der Waals surface area contributed by atoms with Crippen LogP contribution in [0.25, 0.3) is 0 Å². The van der Waals surface area contributed by atoms with Gasteiger partial charge in [-0.1, -0.05) is 0 Å².